The average Bonchev–Trinajstić information content (AvgIpc) is 3.02. The first-order valence-corrected chi connectivity index (χ1v) is 7.71. The number of nitrogens with zero attached hydrogens (tertiary/aromatic N) is 1. The fraction of sp³-hybridized carbons (Fsp3) is 0.357. The lowest BCUT2D eigenvalue weighted by molar-refractivity contribution is -0.147. The summed E-state index contributed by atoms with van der Waals surface area (Å²) in [7, 11) is 0. The van der Waals surface area contributed by atoms with Crippen LogP contribution in [0.1, 0.15) is 26.0 Å². The first-order valence-electron chi connectivity index (χ1n) is 6.49. The molecule has 1 saturated heterocycles. The van der Waals surface area contributed by atoms with Gasteiger partial charge in [0.15, 0.2) is 0 Å². The molecule has 0 bridgehead atoms. The number of hydrogen-bond acceptors (Lipinski definition) is 5. The third kappa shape index (κ3) is 3.19. The van der Waals surface area contributed by atoms with Gasteiger partial charge < -0.3 is 9.52 Å². The lowest BCUT2D eigenvalue weighted by Crippen LogP contribution is -2.47. The SMILES string of the molecule is CCC(C)C(C(=O)O)N1C(=O)C(=Cc2ccco2)SC1=S. The van der Waals surface area contributed by atoms with Crippen molar-refractivity contribution in [3.05, 3.63) is 29.1 Å². The number of carbonyl (C=O) groups excluding carboxylic acids is 1. The van der Waals surface area contributed by atoms with Gasteiger partial charge in [-0.05, 0) is 18.1 Å². The number of hydrogen-bond donors (Lipinski definition) is 1. The minimum Gasteiger partial charge on any atom is -0.480 e. The molecular formula is C14H15NO4S2. The zero-order valence-corrected chi connectivity index (χ0v) is 13.2. The predicted octanol–water partition coefficient (Wildman–Crippen LogP) is 2.98. The molecule has 1 amide bonds. The van der Waals surface area contributed by atoms with Gasteiger partial charge in [0.05, 0.1) is 11.2 Å². The molecule has 7 heteroatoms. The van der Waals surface area contributed by atoms with E-state index in [1.165, 1.54) is 11.2 Å². The summed E-state index contributed by atoms with van der Waals surface area (Å²) in [6.45, 7) is 3.69. The van der Waals surface area contributed by atoms with Crippen LogP contribution in [0, 0.1) is 5.92 Å². The summed E-state index contributed by atoms with van der Waals surface area (Å²) in [5.41, 5.74) is 0. The van der Waals surface area contributed by atoms with Crippen LogP contribution in [0.15, 0.2) is 27.7 Å². The summed E-state index contributed by atoms with van der Waals surface area (Å²) in [5, 5.41) is 9.41. The van der Waals surface area contributed by atoms with E-state index in [4.69, 9.17) is 16.6 Å². The largest absolute Gasteiger partial charge is 0.480 e. The lowest BCUT2D eigenvalue weighted by Gasteiger charge is -2.27. The van der Waals surface area contributed by atoms with Crippen LogP contribution in [-0.2, 0) is 9.59 Å². The third-order valence-electron chi connectivity index (χ3n) is 3.35. The van der Waals surface area contributed by atoms with Crippen LogP contribution < -0.4 is 0 Å². The first-order chi connectivity index (χ1) is 9.95. The van der Waals surface area contributed by atoms with Crippen LogP contribution in [0.5, 0.6) is 0 Å². The Morgan fingerprint density at radius 1 is 1.62 bits per heavy atom. The molecular weight excluding hydrogens is 310 g/mol. The van der Waals surface area contributed by atoms with Gasteiger partial charge in [-0.2, -0.15) is 0 Å². The minimum absolute atomic E-state index is 0.187. The number of carbonyl (C=O) groups is 2. The van der Waals surface area contributed by atoms with Crippen molar-refractivity contribution in [3.8, 4) is 0 Å². The number of rotatable bonds is 5. The highest BCUT2D eigenvalue weighted by molar-refractivity contribution is 8.26. The third-order valence-corrected chi connectivity index (χ3v) is 4.68. The van der Waals surface area contributed by atoms with Crippen molar-refractivity contribution in [3.63, 3.8) is 0 Å². The quantitative estimate of drug-likeness (QED) is 0.663. The number of thiocarbonyl (C=S) groups is 1. The highest BCUT2D eigenvalue weighted by Gasteiger charge is 2.42. The van der Waals surface area contributed by atoms with E-state index >= 15 is 0 Å². The molecule has 1 fully saturated rings. The molecule has 2 heterocycles. The van der Waals surface area contributed by atoms with E-state index in [9.17, 15) is 14.7 Å². The molecule has 2 atom stereocenters. The van der Waals surface area contributed by atoms with Crippen molar-refractivity contribution in [2.75, 3.05) is 0 Å². The normalized spacial score (nSPS) is 20.1. The Bertz CT molecular complexity index is 594. The molecule has 2 rings (SSSR count). The number of carboxylic acid groups (broad SMARTS) is 1. The zero-order valence-electron chi connectivity index (χ0n) is 11.6. The monoisotopic (exact) mass is 325 g/mol. The Morgan fingerprint density at radius 2 is 2.33 bits per heavy atom. The number of thioether (sulfide) groups is 1. The molecule has 1 aliphatic heterocycles. The second-order valence-electron chi connectivity index (χ2n) is 4.74. The van der Waals surface area contributed by atoms with Gasteiger partial charge in [0.1, 0.15) is 16.1 Å². The average molecular weight is 325 g/mol. The molecule has 112 valence electrons. The topological polar surface area (TPSA) is 70.8 Å². The molecule has 5 nitrogen and oxygen atoms in total. The van der Waals surface area contributed by atoms with E-state index in [0.29, 0.717) is 17.1 Å². The van der Waals surface area contributed by atoms with Crippen molar-refractivity contribution in [2.24, 2.45) is 5.92 Å². The number of amides is 1. The molecule has 21 heavy (non-hydrogen) atoms. The molecule has 1 N–H and O–H groups in total. The summed E-state index contributed by atoms with van der Waals surface area (Å²) < 4.78 is 5.44. The van der Waals surface area contributed by atoms with Crippen molar-refractivity contribution in [1.29, 1.82) is 0 Å². The van der Waals surface area contributed by atoms with Crippen LogP contribution in [0.2, 0.25) is 0 Å². The first kappa shape index (κ1) is 15.8. The molecule has 0 saturated carbocycles. The van der Waals surface area contributed by atoms with E-state index in [1.807, 2.05) is 6.92 Å². The Labute approximate surface area is 132 Å². The zero-order chi connectivity index (χ0) is 15.6. The van der Waals surface area contributed by atoms with E-state index < -0.39 is 12.0 Å². The van der Waals surface area contributed by atoms with Gasteiger partial charge in [0.2, 0.25) is 0 Å². The Balaban J connectivity index is 2.31. The molecule has 0 aliphatic carbocycles. The second-order valence-corrected chi connectivity index (χ2v) is 6.41. The van der Waals surface area contributed by atoms with Crippen LogP contribution in [0.3, 0.4) is 0 Å². The fourth-order valence-electron chi connectivity index (χ4n) is 2.05. The summed E-state index contributed by atoms with van der Waals surface area (Å²) in [6, 6.07) is 2.49. The number of aliphatic carboxylic acids is 1. The summed E-state index contributed by atoms with van der Waals surface area (Å²) in [6.07, 6.45) is 3.73. The molecule has 0 radical (unpaired) electrons. The highest BCUT2D eigenvalue weighted by Crippen LogP contribution is 2.35. The van der Waals surface area contributed by atoms with Gasteiger partial charge >= 0.3 is 5.97 Å². The van der Waals surface area contributed by atoms with Crippen molar-refractivity contribution < 1.29 is 19.1 Å². The van der Waals surface area contributed by atoms with Crippen LogP contribution in [0.25, 0.3) is 6.08 Å². The van der Waals surface area contributed by atoms with Gasteiger partial charge in [-0.1, -0.05) is 44.2 Å². The van der Waals surface area contributed by atoms with Gasteiger partial charge in [-0.3, -0.25) is 9.69 Å². The van der Waals surface area contributed by atoms with Crippen LogP contribution >= 0.6 is 24.0 Å². The van der Waals surface area contributed by atoms with Crippen molar-refractivity contribution >= 4 is 46.3 Å². The maximum atomic E-state index is 12.5. The fourth-order valence-corrected chi connectivity index (χ4v) is 3.36. The lowest BCUT2D eigenvalue weighted by atomic mass is 9.98. The van der Waals surface area contributed by atoms with Gasteiger partial charge in [0.25, 0.3) is 5.91 Å². The van der Waals surface area contributed by atoms with E-state index in [0.717, 1.165) is 11.8 Å². The summed E-state index contributed by atoms with van der Waals surface area (Å²) in [4.78, 5) is 25.5. The molecule has 0 aromatic carbocycles. The van der Waals surface area contributed by atoms with E-state index in [1.54, 1.807) is 25.1 Å². The maximum absolute atomic E-state index is 12.5. The molecule has 2 unspecified atom stereocenters. The minimum atomic E-state index is -1.04. The van der Waals surface area contributed by atoms with Crippen molar-refractivity contribution in [2.45, 2.75) is 26.3 Å². The summed E-state index contributed by atoms with van der Waals surface area (Å²) in [5.74, 6) is -1.08. The molecule has 1 aromatic rings. The highest BCUT2D eigenvalue weighted by atomic mass is 32.2. The van der Waals surface area contributed by atoms with Crippen molar-refractivity contribution in [1.82, 2.24) is 4.90 Å². The van der Waals surface area contributed by atoms with Crippen LogP contribution in [-0.4, -0.2) is 32.2 Å². The second kappa shape index (κ2) is 6.44. The van der Waals surface area contributed by atoms with E-state index in [2.05, 4.69) is 0 Å². The smallest absolute Gasteiger partial charge is 0.327 e. The van der Waals surface area contributed by atoms with Gasteiger partial charge in [-0.25, -0.2) is 4.79 Å². The molecule has 0 spiro atoms. The molecule has 1 aromatic heterocycles. The van der Waals surface area contributed by atoms with E-state index in [-0.39, 0.29) is 16.1 Å². The standard InChI is InChI=1S/C14H15NO4S2/c1-3-8(2)11(13(17)18)15-12(16)10(21-14(15)20)7-9-5-4-6-19-9/h4-8,11H,3H2,1-2H3,(H,17,18). The van der Waals surface area contributed by atoms with Gasteiger partial charge in [-0.15, -0.1) is 0 Å². The molecule has 1 aliphatic rings. The maximum Gasteiger partial charge on any atom is 0.327 e. The predicted molar refractivity (Wildman–Crippen MR) is 84.6 cm³/mol. The number of carboxylic acids is 1. The summed E-state index contributed by atoms with van der Waals surface area (Å²) >= 11 is 6.29. The van der Waals surface area contributed by atoms with Gasteiger partial charge in [0, 0.05) is 6.08 Å². The van der Waals surface area contributed by atoms with Crippen LogP contribution in [0.4, 0.5) is 0 Å². The Morgan fingerprint density at radius 3 is 2.86 bits per heavy atom. The number of furan rings is 1. The Kier molecular flexibility index (Phi) is 4.84. The Hall–Kier alpha value is -1.60.